The predicted molar refractivity (Wildman–Crippen MR) is 128 cm³/mol. The molecule has 5 rings (SSSR count). The summed E-state index contributed by atoms with van der Waals surface area (Å²) in [6.07, 6.45) is 10.3. The van der Waals surface area contributed by atoms with E-state index in [0.717, 1.165) is 11.6 Å². The van der Waals surface area contributed by atoms with E-state index in [1.807, 2.05) is 24.3 Å². The van der Waals surface area contributed by atoms with E-state index in [1.54, 1.807) is 42.7 Å². The molecule has 6 nitrogen and oxygen atoms in total. The van der Waals surface area contributed by atoms with E-state index in [-0.39, 0.29) is 24.8 Å². The number of aliphatic imine (C=N–C) groups is 2. The summed E-state index contributed by atoms with van der Waals surface area (Å²) in [5, 5.41) is 3.26. The van der Waals surface area contributed by atoms with Gasteiger partial charge in [0.25, 0.3) is 5.91 Å². The van der Waals surface area contributed by atoms with Crippen LogP contribution in [0.15, 0.2) is 106 Å². The van der Waals surface area contributed by atoms with Crippen molar-refractivity contribution in [1.82, 2.24) is 4.98 Å². The summed E-state index contributed by atoms with van der Waals surface area (Å²) in [6.45, 7) is 0. The number of rotatable bonds is 4. The molecule has 0 bridgehead atoms. The van der Waals surface area contributed by atoms with Crippen molar-refractivity contribution in [3.05, 3.63) is 107 Å². The number of hydrogen-bond acceptors (Lipinski definition) is 5. The molecule has 2 heterocycles. The number of primary amides is 1. The third kappa shape index (κ3) is 4.22. The van der Waals surface area contributed by atoms with Gasteiger partial charge >= 0.3 is 0 Å². The van der Waals surface area contributed by atoms with Crippen LogP contribution in [0.25, 0.3) is 0 Å². The van der Waals surface area contributed by atoms with Crippen molar-refractivity contribution in [3.8, 4) is 0 Å². The summed E-state index contributed by atoms with van der Waals surface area (Å²) in [7, 11) is 0. The summed E-state index contributed by atoms with van der Waals surface area (Å²) in [6, 6.07) is 10.2. The molecule has 0 saturated heterocycles. The van der Waals surface area contributed by atoms with Gasteiger partial charge in [-0.1, -0.05) is 30.4 Å². The second kappa shape index (κ2) is 8.97. The zero-order chi connectivity index (χ0) is 23.7. The molecule has 0 saturated carbocycles. The van der Waals surface area contributed by atoms with Gasteiger partial charge in [0, 0.05) is 30.5 Å². The highest BCUT2D eigenvalue weighted by Gasteiger charge is 2.32. The number of para-hydroxylation sites is 1. The molecule has 1 aliphatic heterocycles. The fourth-order valence-corrected chi connectivity index (χ4v) is 4.23. The number of anilines is 1. The number of carbonyl (C=O) groups is 1. The number of nitrogens with two attached hydrogens (primary N) is 1. The number of halogens is 2. The van der Waals surface area contributed by atoms with Crippen molar-refractivity contribution in [3.63, 3.8) is 0 Å². The van der Waals surface area contributed by atoms with Crippen molar-refractivity contribution in [2.75, 3.05) is 5.32 Å². The summed E-state index contributed by atoms with van der Waals surface area (Å²) in [5.74, 6) is -0.816. The number of pyridine rings is 1. The van der Waals surface area contributed by atoms with E-state index in [1.165, 1.54) is 0 Å². The molecule has 3 aliphatic rings. The quantitative estimate of drug-likeness (QED) is 0.691. The highest BCUT2D eigenvalue weighted by atomic mass is 19.1. The lowest BCUT2D eigenvalue weighted by Gasteiger charge is -2.30. The van der Waals surface area contributed by atoms with Crippen molar-refractivity contribution in [2.24, 2.45) is 21.6 Å². The van der Waals surface area contributed by atoms with Gasteiger partial charge in [-0.15, -0.1) is 0 Å². The lowest BCUT2D eigenvalue weighted by atomic mass is 9.85. The summed E-state index contributed by atoms with van der Waals surface area (Å²) < 4.78 is 28.0. The number of nitrogens with zero attached hydrogens (tertiary/aromatic N) is 3. The predicted octanol–water partition coefficient (Wildman–Crippen LogP) is 4.80. The third-order valence-corrected chi connectivity index (χ3v) is 5.92. The normalized spacial score (nSPS) is 21.7. The van der Waals surface area contributed by atoms with E-state index in [2.05, 4.69) is 10.3 Å². The second-order valence-corrected chi connectivity index (χ2v) is 8.14. The molecule has 3 N–H and O–H groups in total. The molecule has 2 aromatic rings. The molecule has 0 fully saturated rings. The molecule has 0 spiro atoms. The molecular formula is C26H21F2N5O. The zero-order valence-corrected chi connectivity index (χ0v) is 18.1. The molecule has 170 valence electrons. The molecule has 2 aliphatic carbocycles. The first-order valence-corrected chi connectivity index (χ1v) is 10.9. The topological polar surface area (TPSA) is 92.7 Å². The molecule has 34 heavy (non-hydrogen) atoms. The van der Waals surface area contributed by atoms with Crippen molar-refractivity contribution >= 4 is 23.3 Å². The minimum Gasteiger partial charge on any atom is -0.366 e. The fourth-order valence-electron chi connectivity index (χ4n) is 4.23. The van der Waals surface area contributed by atoms with Crippen LogP contribution in [0.4, 0.5) is 14.5 Å². The summed E-state index contributed by atoms with van der Waals surface area (Å²) >= 11 is 0. The van der Waals surface area contributed by atoms with E-state index in [4.69, 9.17) is 15.7 Å². The fraction of sp³-hybridized carbons (Fsp3) is 0.154. The number of nitrogens with one attached hydrogen (secondary N) is 1. The van der Waals surface area contributed by atoms with Crippen LogP contribution >= 0.6 is 0 Å². The number of carbonyl (C=O) groups excluding carboxylic acids is 1. The van der Waals surface area contributed by atoms with Gasteiger partial charge in [-0.05, 0) is 41.8 Å². The Labute approximate surface area is 195 Å². The van der Waals surface area contributed by atoms with E-state index < -0.39 is 17.6 Å². The van der Waals surface area contributed by atoms with Gasteiger partial charge in [-0.25, -0.2) is 13.8 Å². The first-order valence-electron chi connectivity index (χ1n) is 10.9. The minimum atomic E-state index is -0.562. The number of allylic oxidation sites excluding steroid dienone is 6. The van der Waals surface area contributed by atoms with Crippen LogP contribution in [0.5, 0.6) is 0 Å². The zero-order valence-electron chi connectivity index (χ0n) is 18.1. The second-order valence-electron chi connectivity index (χ2n) is 8.14. The van der Waals surface area contributed by atoms with E-state index in [9.17, 15) is 13.6 Å². The average Bonchev–Trinajstić information content (AvgIpc) is 2.84. The third-order valence-electron chi connectivity index (χ3n) is 5.92. The number of amides is 1. The average molecular weight is 457 g/mol. The smallest absolute Gasteiger partial charge is 0.250 e. The highest BCUT2D eigenvalue weighted by molar-refractivity contribution is 6.14. The van der Waals surface area contributed by atoms with E-state index in [0.29, 0.717) is 34.1 Å². The monoisotopic (exact) mass is 457 g/mol. The Kier molecular flexibility index (Phi) is 5.71. The molecule has 2 unspecified atom stereocenters. The number of amidine groups is 2. The maximum atomic E-state index is 14.5. The van der Waals surface area contributed by atoms with Gasteiger partial charge in [0.1, 0.15) is 17.5 Å². The number of hydrogen-bond donors (Lipinski definition) is 2. The van der Waals surface area contributed by atoms with Crippen LogP contribution in [-0.4, -0.2) is 28.6 Å². The van der Waals surface area contributed by atoms with Crippen molar-refractivity contribution in [2.45, 2.75) is 18.9 Å². The van der Waals surface area contributed by atoms with Crippen LogP contribution in [-0.2, 0) is 0 Å². The van der Waals surface area contributed by atoms with Crippen molar-refractivity contribution < 1.29 is 13.6 Å². The first kappa shape index (κ1) is 21.6. The Hall–Kier alpha value is -4.20. The molecular weight excluding hydrogens is 436 g/mol. The molecule has 1 aromatic carbocycles. The maximum Gasteiger partial charge on any atom is 0.250 e. The highest BCUT2D eigenvalue weighted by Crippen LogP contribution is 2.35. The first-order chi connectivity index (χ1) is 16.5. The lowest BCUT2D eigenvalue weighted by Crippen LogP contribution is -2.36. The maximum absolute atomic E-state index is 14.5. The number of benzene rings is 1. The van der Waals surface area contributed by atoms with Crippen LogP contribution in [0.2, 0.25) is 0 Å². The number of fused-ring (bicyclic) bond motifs is 1. The molecule has 8 heteroatoms. The van der Waals surface area contributed by atoms with Gasteiger partial charge in [0.05, 0.1) is 23.2 Å². The van der Waals surface area contributed by atoms with Crippen LogP contribution < -0.4 is 11.1 Å². The van der Waals surface area contributed by atoms with Gasteiger partial charge < -0.3 is 11.1 Å². The Morgan fingerprint density at radius 3 is 2.74 bits per heavy atom. The van der Waals surface area contributed by atoms with Crippen LogP contribution in [0.1, 0.15) is 28.8 Å². The standard InChI is InChI=1S/C26H21F2N5O/c27-17-8-10-18(21(28)13-17)15-7-9-20-23(12-15)32-25(16-4-3-11-30-14-16)33-26(20)31-22-6-2-1-5-19(22)24(29)34/h1-7,9,11-14,20,23H,8,10H2,(H2,29,34)(H,31,32,33). The molecule has 1 aromatic heterocycles. The number of aromatic nitrogens is 1. The largest absolute Gasteiger partial charge is 0.366 e. The summed E-state index contributed by atoms with van der Waals surface area (Å²) in [5.41, 5.74) is 8.28. The van der Waals surface area contributed by atoms with Gasteiger partial charge in [-0.3, -0.25) is 14.8 Å². The molecule has 2 atom stereocenters. The Bertz CT molecular complexity index is 1340. The van der Waals surface area contributed by atoms with Crippen LogP contribution in [0.3, 0.4) is 0 Å². The van der Waals surface area contributed by atoms with Gasteiger partial charge in [0.15, 0.2) is 5.84 Å². The SMILES string of the molecule is NC(=O)c1ccccc1NC1=NC(c2cccnc2)=NC2C=C(C3=C(F)C=C(F)CC3)C=CC12. The van der Waals surface area contributed by atoms with Crippen LogP contribution in [0, 0.1) is 5.92 Å². The Morgan fingerprint density at radius 2 is 1.97 bits per heavy atom. The summed E-state index contributed by atoms with van der Waals surface area (Å²) in [4.78, 5) is 25.6. The van der Waals surface area contributed by atoms with E-state index >= 15 is 0 Å². The lowest BCUT2D eigenvalue weighted by molar-refractivity contribution is 0.100. The van der Waals surface area contributed by atoms with Gasteiger partial charge in [0.2, 0.25) is 0 Å². The molecule has 0 radical (unpaired) electrons. The minimum absolute atomic E-state index is 0.171. The Balaban J connectivity index is 1.55. The Morgan fingerprint density at radius 1 is 1.12 bits per heavy atom. The van der Waals surface area contributed by atoms with Gasteiger partial charge in [-0.2, -0.15) is 0 Å². The molecule has 1 amide bonds. The van der Waals surface area contributed by atoms with Crippen molar-refractivity contribution in [1.29, 1.82) is 0 Å².